The van der Waals surface area contributed by atoms with Gasteiger partial charge in [-0.05, 0) is 11.1 Å². The lowest BCUT2D eigenvalue weighted by molar-refractivity contribution is 1.53. The lowest BCUT2D eigenvalue weighted by Gasteiger charge is -1.87. The molecule has 2 aromatic rings. The van der Waals surface area contributed by atoms with Gasteiger partial charge in [0.2, 0.25) is 0 Å². The molecule has 0 spiro atoms. The van der Waals surface area contributed by atoms with Gasteiger partial charge in [0.1, 0.15) is 0 Å². The molecule has 0 N–H and O–H groups in total. The van der Waals surface area contributed by atoms with Crippen molar-refractivity contribution in [3.63, 3.8) is 0 Å². The van der Waals surface area contributed by atoms with Crippen molar-refractivity contribution in [3.05, 3.63) is 121 Å². The van der Waals surface area contributed by atoms with Gasteiger partial charge in [-0.15, -0.1) is 0 Å². The van der Waals surface area contributed by atoms with Crippen LogP contribution in [0.3, 0.4) is 0 Å². The second-order valence-electron chi connectivity index (χ2n) is 4.65. The van der Waals surface area contributed by atoms with Crippen LogP contribution in [-0.4, -0.2) is 0 Å². The molecule has 2 aromatic carbocycles. The van der Waals surface area contributed by atoms with Crippen molar-refractivity contribution in [3.8, 4) is 6.07 Å². The van der Waals surface area contributed by atoms with Crippen molar-refractivity contribution in [1.29, 1.82) is 5.26 Å². The number of allylic oxidation sites excluding steroid dienone is 7. The molecule has 0 amide bonds. The molecule has 1 nitrogen and oxygen atoms in total. The quantitative estimate of drug-likeness (QED) is 0.475. The van der Waals surface area contributed by atoms with Crippen LogP contribution in [0.2, 0.25) is 0 Å². The predicted octanol–water partition coefficient (Wildman–Crippen LogP) is 6.22. The fourth-order valence-electron chi connectivity index (χ4n) is 1.70. The zero-order chi connectivity index (χ0) is 17.3. The lowest BCUT2D eigenvalue weighted by Crippen LogP contribution is -1.66. The summed E-state index contributed by atoms with van der Waals surface area (Å²) in [4.78, 5) is 0. The molecule has 0 fully saturated rings. The van der Waals surface area contributed by atoms with Gasteiger partial charge in [-0.25, -0.2) is 0 Å². The second kappa shape index (κ2) is 13.3. The van der Waals surface area contributed by atoms with Gasteiger partial charge < -0.3 is 0 Å². The highest BCUT2D eigenvalue weighted by Crippen LogP contribution is 2.01. The first-order valence-corrected chi connectivity index (χ1v) is 7.65. The van der Waals surface area contributed by atoms with Crippen LogP contribution in [0.15, 0.2) is 110 Å². The highest BCUT2D eigenvalue weighted by atomic mass is 14.2. The van der Waals surface area contributed by atoms with Crippen LogP contribution >= 0.6 is 0 Å². The molecule has 0 unspecified atom stereocenters. The van der Waals surface area contributed by atoms with Gasteiger partial charge in [0.15, 0.2) is 0 Å². The molecular formula is C23H21N. The number of benzene rings is 2. The molecule has 0 heterocycles. The molecule has 118 valence electrons. The Morgan fingerprint density at radius 1 is 0.667 bits per heavy atom. The van der Waals surface area contributed by atoms with Gasteiger partial charge in [0, 0.05) is 6.08 Å². The Balaban J connectivity index is 0.000000240. The third kappa shape index (κ3) is 9.55. The van der Waals surface area contributed by atoms with Crippen LogP contribution in [0.25, 0.3) is 12.2 Å². The molecule has 1 heteroatoms. The van der Waals surface area contributed by atoms with E-state index in [2.05, 4.69) is 24.8 Å². The summed E-state index contributed by atoms with van der Waals surface area (Å²) < 4.78 is 0. The van der Waals surface area contributed by atoms with Gasteiger partial charge in [0.25, 0.3) is 0 Å². The fraction of sp³-hybridized carbons (Fsp3) is 0. The van der Waals surface area contributed by atoms with E-state index >= 15 is 0 Å². The highest BCUT2D eigenvalue weighted by molar-refractivity contribution is 5.51. The monoisotopic (exact) mass is 311 g/mol. The van der Waals surface area contributed by atoms with Crippen molar-refractivity contribution >= 4 is 12.2 Å². The summed E-state index contributed by atoms with van der Waals surface area (Å²) in [5, 5.41) is 8.19. The summed E-state index contributed by atoms with van der Waals surface area (Å²) in [6, 6.07) is 22.1. The summed E-state index contributed by atoms with van der Waals surface area (Å²) in [6.45, 7) is 3.58. The first kappa shape index (κ1) is 18.7. The lowest BCUT2D eigenvalue weighted by atomic mass is 10.2. The van der Waals surface area contributed by atoms with Crippen LogP contribution in [-0.2, 0) is 0 Å². The summed E-state index contributed by atoms with van der Waals surface area (Å²) in [5.41, 5.74) is 2.35. The smallest absolute Gasteiger partial charge is 0.0912 e. The Morgan fingerprint density at radius 3 is 1.62 bits per heavy atom. The minimum Gasteiger partial charge on any atom is -0.193 e. The van der Waals surface area contributed by atoms with Crippen molar-refractivity contribution < 1.29 is 0 Å². The standard InChI is InChI=1S/C12H12.C11H9N/c1-2-3-4-6-9-12-10-7-5-8-11-12;12-10-6-2-5-9-11-7-3-1-4-8-11/h2-11H,1H2;1-9H. The van der Waals surface area contributed by atoms with Crippen LogP contribution in [0.5, 0.6) is 0 Å². The third-order valence-electron chi connectivity index (χ3n) is 2.82. The van der Waals surface area contributed by atoms with Crippen molar-refractivity contribution in [2.45, 2.75) is 0 Å². The van der Waals surface area contributed by atoms with Gasteiger partial charge in [-0.3, -0.25) is 0 Å². The van der Waals surface area contributed by atoms with E-state index in [0.29, 0.717) is 0 Å². The van der Waals surface area contributed by atoms with Gasteiger partial charge in [-0.2, -0.15) is 5.26 Å². The Bertz CT molecular complexity index is 727. The van der Waals surface area contributed by atoms with E-state index in [1.807, 2.05) is 85.0 Å². The van der Waals surface area contributed by atoms with E-state index in [9.17, 15) is 0 Å². The zero-order valence-corrected chi connectivity index (χ0v) is 13.6. The SMILES string of the molecule is C=CC=CC=Cc1ccccc1.N#CC=CC=Cc1ccccc1. The molecule has 0 aromatic heterocycles. The fourth-order valence-corrected chi connectivity index (χ4v) is 1.70. The molecule has 0 aliphatic heterocycles. The second-order valence-corrected chi connectivity index (χ2v) is 4.65. The minimum absolute atomic E-state index is 1.14. The van der Waals surface area contributed by atoms with Crippen LogP contribution < -0.4 is 0 Å². The maximum absolute atomic E-state index is 8.19. The molecule has 0 aliphatic rings. The Hall–Kier alpha value is -3.37. The largest absolute Gasteiger partial charge is 0.193 e. The van der Waals surface area contributed by atoms with E-state index in [4.69, 9.17) is 5.26 Å². The van der Waals surface area contributed by atoms with E-state index in [0.717, 1.165) is 5.56 Å². The Kier molecular flexibility index (Phi) is 10.4. The van der Waals surface area contributed by atoms with Crippen molar-refractivity contribution in [2.75, 3.05) is 0 Å². The number of hydrogen-bond donors (Lipinski definition) is 0. The first-order chi connectivity index (χ1) is 11.9. The van der Waals surface area contributed by atoms with Gasteiger partial charge >= 0.3 is 0 Å². The predicted molar refractivity (Wildman–Crippen MR) is 105 cm³/mol. The summed E-state index contributed by atoms with van der Waals surface area (Å²) in [5.74, 6) is 0. The van der Waals surface area contributed by atoms with E-state index in [1.54, 1.807) is 12.2 Å². The summed E-state index contributed by atoms with van der Waals surface area (Å²) >= 11 is 0. The highest BCUT2D eigenvalue weighted by Gasteiger charge is 1.79. The van der Waals surface area contributed by atoms with E-state index in [1.165, 1.54) is 11.6 Å². The van der Waals surface area contributed by atoms with Crippen molar-refractivity contribution in [2.24, 2.45) is 0 Å². The molecule has 2 rings (SSSR count). The Labute approximate surface area is 144 Å². The van der Waals surface area contributed by atoms with Crippen LogP contribution in [0.1, 0.15) is 11.1 Å². The minimum atomic E-state index is 1.14. The average Bonchev–Trinajstić information content (AvgIpc) is 2.65. The average molecular weight is 311 g/mol. The first-order valence-electron chi connectivity index (χ1n) is 7.65. The number of rotatable bonds is 5. The maximum atomic E-state index is 8.19. The van der Waals surface area contributed by atoms with E-state index in [-0.39, 0.29) is 0 Å². The zero-order valence-electron chi connectivity index (χ0n) is 13.6. The van der Waals surface area contributed by atoms with E-state index < -0.39 is 0 Å². The molecular weight excluding hydrogens is 290 g/mol. The molecule has 0 aliphatic carbocycles. The molecule has 0 radical (unpaired) electrons. The van der Waals surface area contributed by atoms with Crippen LogP contribution in [0.4, 0.5) is 0 Å². The molecule has 24 heavy (non-hydrogen) atoms. The maximum Gasteiger partial charge on any atom is 0.0912 e. The number of nitrogens with zero attached hydrogens (tertiary/aromatic N) is 1. The third-order valence-corrected chi connectivity index (χ3v) is 2.82. The summed E-state index contributed by atoms with van der Waals surface area (Å²) in [7, 11) is 0. The van der Waals surface area contributed by atoms with Gasteiger partial charge in [-0.1, -0.05) is 116 Å². The molecule has 0 bridgehead atoms. The Morgan fingerprint density at radius 2 is 1.17 bits per heavy atom. The molecule has 0 atom stereocenters. The number of hydrogen-bond acceptors (Lipinski definition) is 1. The van der Waals surface area contributed by atoms with Crippen LogP contribution in [0, 0.1) is 11.3 Å². The molecule has 0 saturated carbocycles. The number of nitriles is 1. The normalized spacial score (nSPS) is 10.8. The topological polar surface area (TPSA) is 23.8 Å². The van der Waals surface area contributed by atoms with Crippen molar-refractivity contribution in [1.82, 2.24) is 0 Å². The molecule has 0 saturated heterocycles. The van der Waals surface area contributed by atoms with Gasteiger partial charge in [0.05, 0.1) is 6.07 Å². The summed E-state index contributed by atoms with van der Waals surface area (Å²) in [6.07, 6.45) is 16.6.